The highest BCUT2D eigenvalue weighted by atomic mass is 19.4. The zero-order valence-corrected chi connectivity index (χ0v) is 14.0. The molecule has 0 amide bonds. The third-order valence-electron chi connectivity index (χ3n) is 3.54. The highest BCUT2D eigenvalue weighted by molar-refractivity contribution is 5.66. The van der Waals surface area contributed by atoms with Crippen molar-refractivity contribution >= 4 is 5.97 Å². The van der Waals surface area contributed by atoms with Crippen molar-refractivity contribution in [1.82, 2.24) is 0 Å². The molecule has 1 aromatic rings. The standard InChI is InChI=1S/C18H25F3O3/c1-15(22)24-17(18(19,20)21)12-8-3-2-4-9-13-23-14-16-10-6-5-7-11-16/h5-7,10-11,17H,2-4,8-9,12-14H2,1H3/t17-/m1/s1. The quantitative estimate of drug-likeness (QED) is 0.416. The van der Waals surface area contributed by atoms with Crippen molar-refractivity contribution in [2.24, 2.45) is 0 Å². The molecule has 0 N–H and O–H groups in total. The maximum Gasteiger partial charge on any atom is 0.425 e. The summed E-state index contributed by atoms with van der Waals surface area (Å²) >= 11 is 0. The molecule has 0 aliphatic rings. The van der Waals surface area contributed by atoms with E-state index in [0.717, 1.165) is 31.7 Å². The first-order valence-electron chi connectivity index (χ1n) is 8.25. The predicted molar refractivity (Wildman–Crippen MR) is 85.4 cm³/mol. The summed E-state index contributed by atoms with van der Waals surface area (Å²) in [6, 6.07) is 9.88. The van der Waals surface area contributed by atoms with E-state index < -0.39 is 18.2 Å². The van der Waals surface area contributed by atoms with Crippen LogP contribution >= 0.6 is 0 Å². The number of unbranched alkanes of at least 4 members (excludes halogenated alkanes) is 4. The van der Waals surface area contributed by atoms with E-state index in [1.54, 1.807) is 0 Å². The molecule has 0 aromatic heterocycles. The minimum atomic E-state index is -4.49. The maximum atomic E-state index is 12.6. The van der Waals surface area contributed by atoms with Crippen molar-refractivity contribution in [3.05, 3.63) is 35.9 Å². The highest BCUT2D eigenvalue weighted by Gasteiger charge is 2.41. The van der Waals surface area contributed by atoms with Crippen LogP contribution < -0.4 is 0 Å². The van der Waals surface area contributed by atoms with Crippen LogP contribution in [0.25, 0.3) is 0 Å². The molecule has 0 aliphatic heterocycles. The smallest absolute Gasteiger partial charge is 0.425 e. The van der Waals surface area contributed by atoms with Gasteiger partial charge in [0.1, 0.15) is 0 Å². The largest absolute Gasteiger partial charge is 0.453 e. The van der Waals surface area contributed by atoms with E-state index in [2.05, 4.69) is 4.74 Å². The lowest BCUT2D eigenvalue weighted by Crippen LogP contribution is -2.33. The van der Waals surface area contributed by atoms with E-state index in [9.17, 15) is 18.0 Å². The third kappa shape index (κ3) is 9.55. The summed E-state index contributed by atoms with van der Waals surface area (Å²) in [5.74, 6) is -0.895. The molecule has 3 nitrogen and oxygen atoms in total. The van der Waals surface area contributed by atoms with Crippen LogP contribution in [0.15, 0.2) is 30.3 Å². The molecular formula is C18H25F3O3. The molecule has 0 heterocycles. The van der Waals surface area contributed by atoms with Gasteiger partial charge in [0.2, 0.25) is 0 Å². The number of esters is 1. The summed E-state index contributed by atoms with van der Waals surface area (Å²) in [5, 5.41) is 0. The van der Waals surface area contributed by atoms with Crippen LogP contribution in [0.2, 0.25) is 0 Å². The summed E-state index contributed by atoms with van der Waals surface area (Å²) in [4.78, 5) is 10.7. The number of halogens is 3. The second-order valence-corrected chi connectivity index (χ2v) is 5.73. The fourth-order valence-electron chi connectivity index (χ4n) is 2.32. The zero-order chi connectivity index (χ0) is 17.8. The van der Waals surface area contributed by atoms with Gasteiger partial charge in [-0.1, -0.05) is 49.6 Å². The van der Waals surface area contributed by atoms with Crippen LogP contribution in [0.5, 0.6) is 0 Å². The Balaban J connectivity index is 2.02. The summed E-state index contributed by atoms with van der Waals surface area (Å²) in [6.07, 6.45) is -2.92. The predicted octanol–water partition coefficient (Wildman–Crippen LogP) is 5.04. The number of carbonyl (C=O) groups excluding carboxylic acids is 1. The number of rotatable bonds is 11. The maximum absolute atomic E-state index is 12.6. The second kappa shape index (κ2) is 11.1. The molecule has 0 bridgehead atoms. The third-order valence-corrected chi connectivity index (χ3v) is 3.54. The number of hydrogen-bond acceptors (Lipinski definition) is 3. The number of hydrogen-bond donors (Lipinski definition) is 0. The van der Waals surface area contributed by atoms with Gasteiger partial charge in [0.15, 0.2) is 6.10 Å². The number of benzene rings is 1. The Morgan fingerprint density at radius 3 is 2.29 bits per heavy atom. The molecule has 1 atom stereocenters. The van der Waals surface area contributed by atoms with Gasteiger partial charge in [-0.3, -0.25) is 4.79 Å². The Labute approximate surface area is 141 Å². The fourth-order valence-corrected chi connectivity index (χ4v) is 2.32. The number of alkyl halides is 3. The first-order chi connectivity index (χ1) is 11.4. The van der Waals surface area contributed by atoms with Crippen LogP contribution in [-0.2, 0) is 20.9 Å². The van der Waals surface area contributed by atoms with E-state index in [0.29, 0.717) is 26.1 Å². The monoisotopic (exact) mass is 346 g/mol. The average Bonchev–Trinajstić information content (AvgIpc) is 2.52. The lowest BCUT2D eigenvalue weighted by Gasteiger charge is -2.19. The first-order valence-corrected chi connectivity index (χ1v) is 8.25. The molecule has 0 fully saturated rings. The van der Waals surface area contributed by atoms with Crippen molar-refractivity contribution in [2.45, 2.75) is 64.3 Å². The van der Waals surface area contributed by atoms with Crippen molar-refractivity contribution in [1.29, 1.82) is 0 Å². The van der Waals surface area contributed by atoms with Crippen molar-refractivity contribution in [3.8, 4) is 0 Å². The van der Waals surface area contributed by atoms with Crippen molar-refractivity contribution < 1.29 is 27.4 Å². The molecule has 1 rings (SSSR count). The van der Waals surface area contributed by atoms with E-state index in [4.69, 9.17) is 4.74 Å². The van der Waals surface area contributed by atoms with Gasteiger partial charge in [-0.15, -0.1) is 0 Å². The summed E-state index contributed by atoms with van der Waals surface area (Å²) in [7, 11) is 0. The number of ether oxygens (including phenoxy) is 2. The average molecular weight is 346 g/mol. The summed E-state index contributed by atoms with van der Waals surface area (Å²) < 4.78 is 47.8. The molecule has 6 heteroatoms. The minimum absolute atomic E-state index is 0.173. The van der Waals surface area contributed by atoms with Crippen LogP contribution in [-0.4, -0.2) is 24.9 Å². The highest BCUT2D eigenvalue weighted by Crippen LogP contribution is 2.27. The van der Waals surface area contributed by atoms with Crippen molar-refractivity contribution in [3.63, 3.8) is 0 Å². The van der Waals surface area contributed by atoms with Crippen LogP contribution in [0.3, 0.4) is 0 Å². The zero-order valence-electron chi connectivity index (χ0n) is 14.0. The molecule has 0 saturated heterocycles. The van der Waals surface area contributed by atoms with Gasteiger partial charge in [0.05, 0.1) is 6.61 Å². The molecule has 0 unspecified atom stereocenters. The summed E-state index contributed by atoms with van der Waals surface area (Å²) in [5.41, 5.74) is 1.13. The van der Waals surface area contributed by atoms with E-state index >= 15 is 0 Å². The van der Waals surface area contributed by atoms with E-state index in [-0.39, 0.29) is 6.42 Å². The normalized spacial score (nSPS) is 12.8. The van der Waals surface area contributed by atoms with Crippen LogP contribution in [0.1, 0.15) is 51.0 Å². The molecule has 0 aliphatic carbocycles. The Morgan fingerprint density at radius 1 is 1.04 bits per heavy atom. The van der Waals surface area contributed by atoms with Crippen LogP contribution in [0, 0.1) is 0 Å². The Bertz CT molecular complexity index is 460. The molecular weight excluding hydrogens is 321 g/mol. The van der Waals surface area contributed by atoms with Gasteiger partial charge >= 0.3 is 12.1 Å². The molecule has 0 saturated carbocycles. The Kier molecular flexibility index (Phi) is 9.45. The SMILES string of the molecule is CC(=O)O[C@H](CCCCCCCOCc1ccccc1)C(F)(F)F. The molecule has 1 aromatic carbocycles. The minimum Gasteiger partial charge on any atom is -0.453 e. The van der Waals surface area contributed by atoms with Gasteiger partial charge in [-0.25, -0.2) is 0 Å². The van der Waals surface area contributed by atoms with Gasteiger partial charge < -0.3 is 9.47 Å². The Morgan fingerprint density at radius 2 is 1.67 bits per heavy atom. The van der Waals surface area contributed by atoms with Crippen molar-refractivity contribution in [2.75, 3.05) is 6.61 Å². The van der Waals surface area contributed by atoms with E-state index in [1.807, 2.05) is 30.3 Å². The summed E-state index contributed by atoms with van der Waals surface area (Å²) in [6.45, 7) is 2.22. The van der Waals surface area contributed by atoms with E-state index in [1.165, 1.54) is 0 Å². The molecule has 0 radical (unpaired) electrons. The second-order valence-electron chi connectivity index (χ2n) is 5.73. The lowest BCUT2D eigenvalue weighted by atomic mass is 10.1. The van der Waals surface area contributed by atoms with Gasteiger partial charge in [0, 0.05) is 13.5 Å². The first kappa shape index (κ1) is 20.5. The van der Waals surface area contributed by atoms with Gasteiger partial charge in [-0.2, -0.15) is 13.2 Å². The lowest BCUT2D eigenvalue weighted by molar-refractivity contribution is -0.221. The molecule has 24 heavy (non-hydrogen) atoms. The molecule has 0 spiro atoms. The topological polar surface area (TPSA) is 35.5 Å². The van der Waals surface area contributed by atoms with Gasteiger partial charge in [0.25, 0.3) is 0 Å². The van der Waals surface area contributed by atoms with Crippen LogP contribution in [0.4, 0.5) is 13.2 Å². The molecule has 136 valence electrons. The fraction of sp³-hybridized carbons (Fsp3) is 0.611. The number of carbonyl (C=O) groups is 1. The Hall–Kier alpha value is -1.56. The van der Waals surface area contributed by atoms with Gasteiger partial charge in [-0.05, 0) is 24.8 Å².